The summed E-state index contributed by atoms with van der Waals surface area (Å²) < 4.78 is 65.9. The van der Waals surface area contributed by atoms with Gasteiger partial charge in [0.05, 0.1) is 16.9 Å². The summed E-state index contributed by atoms with van der Waals surface area (Å²) in [6, 6.07) is 7.21. The van der Waals surface area contributed by atoms with Crippen molar-refractivity contribution in [1.82, 2.24) is 0 Å². The van der Waals surface area contributed by atoms with E-state index in [1.807, 2.05) is 0 Å². The third-order valence-corrected chi connectivity index (χ3v) is 6.03. The van der Waals surface area contributed by atoms with Crippen molar-refractivity contribution in [3.8, 4) is 0 Å². The van der Waals surface area contributed by atoms with E-state index in [1.165, 1.54) is 29.2 Å². The number of alkyl halides is 3. The number of carbonyl (C=O) groups excluding carboxylic acids is 1. The molecule has 0 aliphatic carbocycles. The van der Waals surface area contributed by atoms with Crippen molar-refractivity contribution in [2.45, 2.75) is 17.5 Å². The fraction of sp³-hybridized carbons (Fsp3) is 0.188. The van der Waals surface area contributed by atoms with Gasteiger partial charge >= 0.3 is 6.18 Å². The Labute approximate surface area is 156 Å². The first-order valence-corrected chi connectivity index (χ1v) is 9.56. The third-order valence-electron chi connectivity index (χ3n) is 3.96. The maximum Gasteiger partial charge on any atom is 0.417 e. The number of nitrogens with one attached hydrogen (secondary N) is 1. The number of halogens is 4. The standard InChI is InChI=1S/C16H12BrF3N2O3S/c1-22-14-5-3-11(6-9(14)7-15(22)23)26(24,25)21-10-2-4-13(17)12(8-10)16(18,19)20/h2-6,8,21H,7H2,1H3. The number of fused-ring (bicyclic) bond motifs is 1. The van der Waals surface area contributed by atoms with Crippen LogP contribution in [0, 0.1) is 0 Å². The van der Waals surface area contributed by atoms with Gasteiger partial charge in [-0.05, 0) is 42.0 Å². The van der Waals surface area contributed by atoms with Crippen molar-refractivity contribution in [3.05, 3.63) is 52.0 Å². The highest BCUT2D eigenvalue weighted by atomic mass is 79.9. The Morgan fingerprint density at radius 1 is 1.15 bits per heavy atom. The van der Waals surface area contributed by atoms with E-state index in [-0.39, 0.29) is 27.4 Å². The molecule has 0 bridgehead atoms. The molecule has 1 aliphatic rings. The van der Waals surface area contributed by atoms with Crippen LogP contribution in [0.3, 0.4) is 0 Å². The summed E-state index contributed by atoms with van der Waals surface area (Å²) in [5.41, 5.74) is -0.0443. The van der Waals surface area contributed by atoms with E-state index in [0.717, 1.165) is 6.07 Å². The van der Waals surface area contributed by atoms with Gasteiger partial charge in [-0.15, -0.1) is 0 Å². The molecule has 1 N–H and O–H groups in total. The van der Waals surface area contributed by atoms with Gasteiger partial charge in [0.2, 0.25) is 5.91 Å². The number of likely N-dealkylation sites (N-methyl/N-ethyl adjacent to an activating group) is 1. The monoisotopic (exact) mass is 448 g/mol. The number of hydrogen-bond donors (Lipinski definition) is 1. The molecule has 138 valence electrons. The van der Waals surface area contributed by atoms with Gasteiger partial charge in [0.25, 0.3) is 10.0 Å². The Bertz CT molecular complexity index is 1010. The number of sulfonamides is 1. The number of benzene rings is 2. The van der Waals surface area contributed by atoms with Gasteiger partial charge in [-0.2, -0.15) is 13.2 Å². The molecular formula is C16H12BrF3N2O3S. The van der Waals surface area contributed by atoms with Crippen LogP contribution in [0.4, 0.5) is 24.5 Å². The molecule has 2 aromatic rings. The predicted octanol–water partition coefficient (Wildman–Crippen LogP) is 3.79. The molecule has 5 nitrogen and oxygen atoms in total. The topological polar surface area (TPSA) is 66.5 Å². The zero-order chi connectivity index (χ0) is 19.3. The number of nitrogens with zero attached hydrogens (tertiary/aromatic N) is 1. The smallest absolute Gasteiger partial charge is 0.315 e. The van der Waals surface area contributed by atoms with E-state index in [0.29, 0.717) is 17.3 Å². The van der Waals surface area contributed by atoms with Gasteiger partial charge < -0.3 is 4.90 Å². The van der Waals surface area contributed by atoms with Crippen LogP contribution in [0.15, 0.2) is 45.8 Å². The molecule has 0 unspecified atom stereocenters. The maximum absolute atomic E-state index is 13.0. The molecule has 2 aromatic carbocycles. The maximum atomic E-state index is 13.0. The molecule has 0 atom stereocenters. The van der Waals surface area contributed by atoms with E-state index >= 15 is 0 Å². The molecule has 0 fully saturated rings. The van der Waals surface area contributed by atoms with Crippen molar-refractivity contribution >= 4 is 43.2 Å². The first-order chi connectivity index (χ1) is 12.0. The van der Waals surface area contributed by atoms with Gasteiger partial charge in [0.15, 0.2) is 0 Å². The second-order valence-electron chi connectivity index (χ2n) is 5.72. The zero-order valence-electron chi connectivity index (χ0n) is 13.3. The molecule has 0 saturated carbocycles. The molecule has 0 spiro atoms. The molecule has 10 heteroatoms. The average molecular weight is 449 g/mol. The lowest BCUT2D eigenvalue weighted by molar-refractivity contribution is -0.138. The molecule has 26 heavy (non-hydrogen) atoms. The highest BCUT2D eigenvalue weighted by molar-refractivity contribution is 9.10. The van der Waals surface area contributed by atoms with Gasteiger partial charge in [-0.3, -0.25) is 9.52 Å². The van der Waals surface area contributed by atoms with E-state index in [9.17, 15) is 26.4 Å². The zero-order valence-corrected chi connectivity index (χ0v) is 15.7. The molecule has 1 amide bonds. The van der Waals surface area contributed by atoms with E-state index in [2.05, 4.69) is 20.7 Å². The molecule has 3 rings (SSSR count). The Balaban J connectivity index is 1.94. The van der Waals surface area contributed by atoms with Crippen LogP contribution in [0.5, 0.6) is 0 Å². The Morgan fingerprint density at radius 3 is 2.50 bits per heavy atom. The Kier molecular flexibility index (Phi) is 4.51. The summed E-state index contributed by atoms with van der Waals surface area (Å²) in [4.78, 5) is 13.0. The molecule has 1 heterocycles. The lowest BCUT2D eigenvalue weighted by atomic mass is 10.2. The molecule has 0 aromatic heterocycles. The summed E-state index contributed by atoms with van der Waals surface area (Å²) in [7, 11) is -2.52. The van der Waals surface area contributed by atoms with Crippen LogP contribution in [0.25, 0.3) is 0 Å². The third kappa shape index (κ3) is 3.43. The van der Waals surface area contributed by atoms with Crippen molar-refractivity contribution in [2.24, 2.45) is 0 Å². The van der Waals surface area contributed by atoms with E-state index < -0.39 is 21.8 Å². The van der Waals surface area contributed by atoms with Gasteiger partial charge in [-0.25, -0.2) is 8.42 Å². The minimum absolute atomic E-state index is 0.0751. The van der Waals surface area contributed by atoms with Gasteiger partial charge in [-0.1, -0.05) is 15.9 Å². The van der Waals surface area contributed by atoms with Gasteiger partial charge in [0, 0.05) is 22.9 Å². The number of anilines is 2. The highest BCUT2D eigenvalue weighted by Crippen LogP contribution is 2.37. The lowest BCUT2D eigenvalue weighted by Crippen LogP contribution is -2.20. The van der Waals surface area contributed by atoms with Crippen LogP contribution < -0.4 is 9.62 Å². The Hall–Kier alpha value is -2.07. The van der Waals surface area contributed by atoms with Crippen molar-refractivity contribution in [2.75, 3.05) is 16.7 Å². The quantitative estimate of drug-likeness (QED) is 0.776. The van der Waals surface area contributed by atoms with E-state index in [4.69, 9.17) is 0 Å². The molecular weight excluding hydrogens is 437 g/mol. The summed E-state index contributed by atoms with van der Waals surface area (Å²) >= 11 is 2.80. The van der Waals surface area contributed by atoms with Crippen molar-refractivity contribution < 1.29 is 26.4 Å². The van der Waals surface area contributed by atoms with Crippen LogP contribution in [-0.4, -0.2) is 21.4 Å². The lowest BCUT2D eigenvalue weighted by Gasteiger charge is -2.14. The van der Waals surface area contributed by atoms with Crippen molar-refractivity contribution in [1.29, 1.82) is 0 Å². The fourth-order valence-corrected chi connectivity index (χ4v) is 4.20. The molecule has 0 radical (unpaired) electrons. The predicted molar refractivity (Wildman–Crippen MR) is 93.5 cm³/mol. The van der Waals surface area contributed by atoms with Gasteiger partial charge in [0.1, 0.15) is 0 Å². The highest BCUT2D eigenvalue weighted by Gasteiger charge is 2.33. The second kappa shape index (κ2) is 6.27. The number of carbonyl (C=O) groups is 1. The average Bonchev–Trinajstić information content (AvgIpc) is 2.82. The first-order valence-electron chi connectivity index (χ1n) is 7.28. The van der Waals surface area contributed by atoms with Crippen LogP contribution in [0.1, 0.15) is 11.1 Å². The summed E-state index contributed by atoms with van der Waals surface area (Å²) in [5.74, 6) is -0.162. The normalized spacial score (nSPS) is 14.5. The first kappa shape index (κ1) is 18.7. The summed E-state index contributed by atoms with van der Waals surface area (Å²) in [5, 5.41) is 0. The molecule has 0 saturated heterocycles. The number of rotatable bonds is 3. The SMILES string of the molecule is CN1C(=O)Cc2cc(S(=O)(=O)Nc3ccc(Br)c(C(F)(F)F)c3)ccc21. The van der Waals surface area contributed by atoms with Crippen molar-refractivity contribution in [3.63, 3.8) is 0 Å². The second-order valence-corrected chi connectivity index (χ2v) is 8.25. The fourth-order valence-electron chi connectivity index (χ4n) is 2.63. The van der Waals surface area contributed by atoms with Crippen LogP contribution in [0.2, 0.25) is 0 Å². The minimum atomic E-state index is -4.63. The number of amides is 1. The van der Waals surface area contributed by atoms with Crippen LogP contribution in [-0.2, 0) is 27.4 Å². The number of hydrogen-bond acceptors (Lipinski definition) is 3. The molecule has 1 aliphatic heterocycles. The van der Waals surface area contributed by atoms with E-state index in [1.54, 1.807) is 7.05 Å². The summed E-state index contributed by atoms with van der Waals surface area (Å²) in [6.07, 6.45) is -4.55. The minimum Gasteiger partial charge on any atom is -0.315 e. The Morgan fingerprint density at radius 2 is 1.85 bits per heavy atom. The van der Waals surface area contributed by atoms with Crippen LogP contribution >= 0.6 is 15.9 Å². The largest absolute Gasteiger partial charge is 0.417 e. The summed E-state index contributed by atoms with van der Waals surface area (Å²) in [6.45, 7) is 0.